The van der Waals surface area contributed by atoms with Gasteiger partial charge in [-0.05, 0) is 44.5 Å². The molecule has 0 saturated heterocycles. The number of pyridine rings is 2. The van der Waals surface area contributed by atoms with Gasteiger partial charge in [0.05, 0.1) is 34.0 Å². The fraction of sp³-hybridized carbons (Fsp3) is 0.261. The molecule has 4 rings (SSSR count). The first kappa shape index (κ1) is 22.3. The van der Waals surface area contributed by atoms with Gasteiger partial charge in [0.2, 0.25) is 5.95 Å². The summed E-state index contributed by atoms with van der Waals surface area (Å²) in [7, 11) is 0. The Morgan fingerprint density at radius 1 is 1.15 bits per heavy atom. The van der Waals surface area contributed by atoms with Crippen molar-refractivity contribution in [3.05, 3.63) is 65.8 Å². The number of anilines is 3. The zero-order valence-electron chi connectivity index (χ0n) is 18.5. The van der Waals surface area contributed by atoms with Crippen molar-refractivity contribution < 1.29 is 14.3 Å². The Labute approximate surface area is 189 Å². The van der Waals surface area contributed by atoms with Crippen molar-refractivity contribution in [2.75, 3.05) is 17.2 Å². The van der Waals surface area contributed by atoms with Crippen LogP contribution in [0.25, 0.3) is 11.0 Å². The van der Waals surface area contributed by atoms with Crippen LogP contribution in [0.1, 0.15) is 42.4 Å². The topological polar surface area (TPSA) is 129 Å². The van der Waals surface area contributed by atoms with Crippen molar-refractivity contribution in [3.8, 4) is 0 Å². The largest absolute Gasteiger partial charge is 0.389 e. The monoisotopic (exact) mass is 449 g/mol. The maximum atomic E-state index is 14.8. The summed E-state index contributed by atoms with van der Waals surface area (Å²) in [5, 5.41) is 16.4. The van der Waals surface area contributed by atoms with Gasteiger partial charge in [-0.25, -0.2) is 15.0 Å². The molecule has 4 heterocycles. The standard InChI is InChI=1S/C23H24FN7O2/c1-4-13-5-6-14(9-25-13)30-17-8-7-15(20(24)31-17)19(32)16-10-26-21-18(16)22(29-12-28-21)27-11-23(2,3)33/h5-10,12,33H,4,11H2,1-3H3,(H,30,31)(H2,26,27,28,29). The molecule has 4 N–H and O–H groups in total. The number of aromatic amines is 1. The summed E-state index contributed by atoms with van der Waals surface area (Å²) in [5.41, 5.74) is 1.04. The van der Waals surface area contributed by atoms with E-state index in [9.17, 15) is 14.3 Å². The fourth-order valence-corrected chi connectivity index (χ4v) is 3.25. The van der Waals surface area contributed by atoms with Crippen LogP contribution in [0.3, 0.4) is 0 Å². The van der Waals surface area contributed by atoms with Crippen molar-refractivity contribution in [1.82, 2.24) is 24.9 Å². The number of hydrogen-bond acceptors (Lipinski definition) is 8. The Bertz CT molecular complexity index is 1300. The van der Waals surface area contributed by atoms with Crippen LogP contribution >= 0.6 is 0 Å². The third-order valence-electron chi connectivity index (χ3n) is 4.96. The molecule has 170 valence electrons. The molecule has 0 aliphatic carbocycles. The number of H-pyrrole nitrogens is 1. The molecule has 0 amide bonds. The minimum absolute atomic E-state index is 0.182. The van der Waals surface area contributed by atoms with Crippen LogP contribution in [-0.4, -0.2) is 48.0 Å². The van der Waals surface area contributed by atoms with Crippen molar-refractivity contribution in [2.45, 2.75) is 32.8 Å². The van der Waals surface area contributed by atoms with Gasteiger partial charge in [0.1, 0.15) is 23.6 Å². The van der Waals surface area contributed by atoms with E-state index in [-0.39, 0.29) is 23.5 Å². The molecule has 0 radical (unpaired) electrons. The first-order valence-corrected chi connectivity index (χ1v) is 10.5. The van der Waals surface area contributed by atoms with E-state index in [0.29, 0.717) is 22.5 Å². The number of aromatic nitrogens is 5. The minimum Gasteiger partial charge on any atom is -0.389 e. The number of halogens is 1. The lowest BCUT2D eigenvalue weighted by atomic mass is 10.0. The smallest absolute Gasteiger partial charge is 0.226 e. The highest BCUT2D eigenvalue weighted by atomic mass is 19.1. The molecular weight excluding hydrogens is 425 g/mol. The highest BCUT2D eigenvalue weighted by Gasteiger charge is 2.23. The summed E-state index contributed by atoms with van der Waals surface area (Å²) >= 11 is 0. The molecule has 4 aromatic rings. The molecule has 0 bridgehead atoms. The van der Waals surface area contributed by atoms with Crippen LogP contribution < -0.4 is 10.6 Å². The van der Waals surface area contributed by atoms with E-state index in [0.717, 1.165) is 12.1 Å². The Morgan fingerprint density at radius 2 is 1.97 bits per heavy atom. The predicted molar refractivity (Wildman–Crippen MR) is 123 cm³/mol. The molecule has 0 aromatic carbocycles. The average Bonchev–Trinajstić information content (AvgIpc) is 3.22. The SMILES string of the molecule is CCc1ccc(Nc2ccc(C(=O)c3c[nH]c4ncnc(NCC(C)(C)O)c34)c(F)n2)cn1. The Balaban J connectivity index is 1.61. The van der Waals surface area contributed by atoms with E-state index >= 15 is 0 Å². The van der Waals surface area contributed by atoms with Crippen LogP contribution in [0.4, 0.5) is 21.7 Å². The number of hydrogen-bond donors (Lipinski definition) is 4. The zero-order chi connectivity index (χ0) is 23.6. The number of carbonyl (C=O) groups is 1. The molecule has 0 aliphatic heterocycles. The molecule has 0 fully saturated rings. The molecule has 0 unspecified atom stereocenters. The Kier molecular flexibility index (Phi) is 6.01. The maximum Gasteiger partial charge on any atom is 0.226 e. The van der Waals surface area contributed by atoms with Gasteiger partial charge in [-0.15, -0.1) is 0 Å². The molecule has 9 nitrogen and oxygen atoms in total. The summed E-state index contributed by atoms with van der Waals surface area (Å²) in [6, 6.07) is 6.62. The summed E-state index contributed by atoms with van der Waals surface area (Å²) in [6.07, 6.45) is 5.26. The zero-order valence-corrected chi connectivity index (χ0v) is 18.5. The van der Waals surface area contributed by atoms with Crippen molar-refractivity contribution in [2.24, 2.45) is 0 Å². The van der Waals surface area contributed by atoms with Crippen LogP contribution in [0.2, 0.25) is 0 Å². The second kappa shape index (κ2) is 8.91. The Hall–Kier alpha value is -3.92. The minimum atomic E-state index is -0.997. The maximum absolute atomic E-state index is 14.8. The predicted octanol–water partition coefficient (Wildman–Crippen LogP) is 3.61. The Morgan fingerprint density at radius 3 is 2.64 bits per heavy atom. The summed E-state index contributed by atoms with van der Waals surface area (Å²) in [5.74, 6) is -0.848. The molecular formula is C23H24FN7O2. The third kappa shape index (κ3) is 4.96. The summed E-state index contributed by atoms with van der Waals surface area (Å²) < 4.78 is 14.8. The number of rotatable bonds is 8. The van der Waals surface area contributed by atoms with E-state index < -0.39 is 17.3 Å². The van der Waals surface area contributed by atoms with Crippen molar-refractivity contribution in [1.29, 1.82) is 0 Å². The average molecular weight is 449 g/mol. The normalized spacial score (nSPS) is 11.5. The number of nitrogens with one attached hydrogen (secondary N) is 3. The number of ketones is 1. The third-order valence-corrected chi connectivity index (χ3v) is 4.96. The van der Waals surface area contributed by atoms with Crippen molar-refractivity contribution in [3.63, 3.8) is 0 Å². The van der Waals surface area contributed by atoms with Gasteiger partial charge in [0.15, 0.2) is 5.78 Å². The van der Waals surface area contributed by atoms with Gasteiger partial charge in [-0.1, -0.05) is 6.92 Å². The van der Waals surface area contributed by atoms with Crippen LogP contribution in [0.15, 0.2) is 43.0 Å². The van der Waals surface area contributed by atoms with Crippen LogP contribution in [-0.2, 0) is 6.42 Å². The van der Waals surface area contributed by atoms with Gasteiger partial charge in [0, 0.05) is 18.4 Å². The number of aliphatic hydroxyl groups is 1. The van der Waals surface area contributed by atoms with Gasteiger partial charge < -0.3 is 20.7 Å². The lowest BCUT2D eigenvalue weighted by Gasteiger charge is -2.18. The van der Waals surface area contributed by atoms with Gasteiger partial charge in [0.25, 0.3) is 0 Å². The highest BCUT2D eigenvalue weighted by Crippen LogP contribution is 2.27. The first-order valence-electron chi connectivity index (χ1n) is 10.5. The second-order valence-corrected chi connectivity index (χ2v) is 8.19. The number of aryl methyl sites for hydroxylation is 1. The van der Waals surface area contributed by atoms with E-state index in [2.05, 4.69) is 35.6 Å². The first-order chi connectivity index (χ1) is 15.7. The van der Waals surface area contributed by atoms with E-state index in [1.54, 1.807) is 20.0 Å². The molecule has 4 aromatic heterocycles. The molecule has 10 heteroatoms. The molecule has 0 spiro atoms. The molecule has 0 aliphatic rings. The quantitative estimate of drug-likeness (QED) is 0.237. The lowest BCUT2D eigenvalue weighted by Crippen LogP contribution is -2.29. The van der Waals surface area contributed by atoms with Gasteiger partial charge in [-0.2, -0.15) is 4.39 Å². The van der Waals surface area contributed by atoms with E-state index in [1.165, 1.54) is 24.7 Å². The molecule has 0 atom stereocenters. The van der Waals surface area contributed by atoms with E-state index in [4.69, 9.17) is 0 Å². The highest BCUT2D eigenvalue weighted by molar-refractivity contribution is 6.18. The van der Waals surface area contributed by atoms with Gasteiger partial charge >= 0.3 is 0 Å². The van der Waals surface area contributed by atoms with Crippen molar-refractivity contribution >= 4 is 34.1 Å². The molecule has 33 heavy (non-hydrogen) atoms. The molecule has 0 saturated carbocycles. The number of carbonyl (C=O) groups excluding carboxylic acids is 1. The van der Waals surface area contributed by atoms with Gasteiger partial charge in [-0.3, -0.25) is 9.78 Å². The number of nitrogens with zero attached hydrogens (tertiary/aromatic N) is 4. The second-order valence-electron chi connectivity index (χ2n) is 8.19. The fourth-order valence-electron chi connectivity index (χ4n) is 3.25. The van der Waals surface area contributed by atoms with Crippen LogP contribution in [0, 0.1) is 5.95 Å². The number of fused-ring (bicyclic) bond motifs is 1. The summed E-state index contributed by atoms with van der Waals surface area (Å²) in [4.78, 5) is 32.6. The van der Waals surface area contributed by atoms with E-state index in [1.807, 2.05) is 19.1 Å². The summed E-state index contributed by atoms with van der Waals surface area (Å²) in [6.45, 7) is 5.50. The lowest BCUT2D eigenvalue weighted by molar-refractivity contribution is 0.0944. The van der Waals surface area contributed by atoms with Crippen LogP contribution in [0.5, 0.6) is 0 Å².